The van der Waals surface area contributed by atoms with Crippen LogP contribution in [0, 0.1) is 5.82 Å². The SMILES string of the molecule is O=C(Cc1ccc(-c2cnc(Cc3ccc(C4CCNCC4)cc3)nc2)cc1F)Nc1cc(C2(C(F)(F)F)CC2)on1. The Kier molecular flexibility index (Phi) is 7.53. The maximum atomic E-state index is 14.9. The number of piperidine rings is 1. The first-order chi connectivity index (χ1) is 20.2. The molecule has 2 aromatic carbocycles. The number of nitrogens with zero attached hydrogens (tertiary/aromatic N) is 3. The lowest BCUT2D eigenvalue weighted by Crippen LogP contribution is -2.28. The van der Waals surface area contributed by atoms with E-state index in [0.29, 0.717) is 29.3 Å². The summed E-state index contributed by atoms with van der Waals surface area (Å²) in [5.74, 6) is -0.455. The van der Waals surface area contributed by atoms with Crippen LogP contribution in [-0.2, 0) is 23.1 Å². The Balaban J connectivity index is 1.05. The van der Waals surface area contributed by atoms with Crippen molar-refractivity contribution in [2.24, 2.45) is 0 Å². The molecule has 6 rings (SSSR count). The molecule has 1 saturated heterocycles. The van der Waals surface area contributed by atoms with Gasteiger partial charge >= 0.3 is 6.18 Å². The molecule has 42 heavy (non-hydrogen) atoms. The molecule has 1 saturated carbocycles. The third-order valence-corrected chi connectivity index (χ3v) is 8.14. The van der Waals surface area contributed by atoms with Crippen LogP contribution in [0.15, 0.2) is 65.4 Å². The van der Waals surface area contributed by atoms with Crippen LogP contribution in [0.2, 0.25) is 0 Å². The first-order valence-corrected chi connectivity index (χ1v) is 13.9. The number of carbonyl (C=O) groups excluding carboxylic acids is 1. The average Bonchev–Trinajstić information content (AvgIpc) is 3.69. The van der Waals surface area contributed by atoms with E-state index in [-0.39, 0.29) is 36.4 Å². The van der Waals surface area contributed by atoms with E-state index < -0.39 is 23.3 Å². The molecular formula is C31H29F4N5O2. The third kappa shape index (κ3) is 5.92. The molecule has 0 atom stereocenters. The fourth-order valence-corrected chi connectivity index (χ4v) is 5.43. The van der Waals surface area contributed by atoms with Crippen LogP contribution in [0.1, 0.15) is 59.9 Å². The van der Waals surface area contributed by atoms with Crippen molar-refractivity contribution in [3.05, 3.63) is 95.0 Å². The molecule has 3 heterocycles. The number of hydrogen-bond donors (Lipinski definition) is 2. The topological polar surface area (TPSA) is 92.9 Å². The lowest BCUT2D eigenvalue weighted by molar-refractivity contribution is -0.165. The molecule has 2 fully saturated rings. The van der Waals surface area contributed by atoms with Crippen molar-refractivity contribution in [1.29, 1.82) is 0 Å². The second kappa shape index (κ2) is 11.3. The summed E-state index contributed by atoms with van der Waals surface area (Å²) in [6.45, 7) is 2.10. The number of alkyl halides is 3. The van der Waals surface area contributed by atoms with Gasteiger partial charge in [0.15, 0.2) is 11.6 Å². The largest absolute Gasteiger partial charge is 0.401 e. The molecule has 2 N–H and O–H groups in total. The third-order valence-electron chi connectivity index (χ3n) is 8.14. The average molecular weight is 580 g/mol. The zero-order valence-electron chi connectivity index (χ0n) is 22.7. The summed E-state index contributed by atoms with van der Waals surface area (Å²) >= 11 is 0. The van der Waals surface area contributed by atoms with E-state index in [2.05, 4.69) is 50.0 Å². The minimum atomic E-state index is -4.46. The summed E-state index contributed by atoms with van der Waals surface area (Å²) in [5, 5.41) is 9.30. The summed E-state index contributed by atoms with van der Waals surface area (Å²) in [6, 6.07) is 14.1. The number of amides is 1. The molecule has 0 spiro atoms. The molecule has 0 bridgehead atoms. The Morgan fingerprint density at radius 2 is 1.71 bits per heavy atom. The predicted molar refractivity (Wildman–Crippen MR) is 147 cm³/mol. The van der Waals surface area contributed by atoms with Crippen LogP contribution >= 0.6 is 0 Å². The summed E-state index contributed by atoms with van der Waals surface area (Å²) in [5.41, 5.74) is 1.74. The van der Waals surface area contributed by atoms with Crippen molar-refractivity contribution < 1.29 is 26.9 Å². The predicted octanol–water partition coefficient (Wildman–Crippen LogP) is 6.10. The molecule has 1 aliphatic carbocycles. The van der Waals surface area contributed by atoms with Crippen LogP contribution < -0.4 is 10.6 Å². The van der Waals surface area contributed by atoms with Gasteiger partial charge in [-0.2, -0.15) is 13.2 Å². The number of aromatic nitrogens is 3. The molecule has 11 heteroatoms. The van der Waals surface area contributed by atoms with Crippen LogP contribution in [0.5, 0.6) is 0 Å². The van der Waals surface area contributed by atoms with Crippen molar-refractivity contribution in [3.63, 3.8) is 0 Å². The van der Waals surface area contributed by atoms with E-state index >= 15 is 0 Å². The van der Waals surface area contributed by atoms with Crippen LogP contribution in [0.3, 0.4) is 0 Å². The number of halogens is 4. The number of carbonyl (C=O) groups is 1. The second-order valence-electron chi connectivity index (χ2n) is 11.0. The fraction of sp³-hybridized carbons (Fsp3) is 0.355. The number of benzene rings is 2. The molecular weight excluding hydrogens is 550 g/mol. The fourth-order valence-electron chi connectivity index (χ4n) is 5.43. The van der Waals surface area contributed by atoms with Gasteiger partial charge in [0, 0.05) is 30.4 Å². The van der Waals surface area contributed by atoms with Crippen LogP contribution in [0.25, 0.3) is 11.1 Å². The van der Waals surface area contributed by atoms with E-state index in [4.69, 9.17) is 4.52 Å². The minimum Gasteiger partial charge on any atom is -0.358 e. The number of anilines is 1. The molecule has 4 aromatic rings. The maximum absolute atomic E-state index is 14.9. The highest BCUT2D eigenvalue weighted by atomic mass is 19.4. The summed E-state index contributed by atoms with van der Waals surface area (Å²) < 4.78 is 59.6. The smallest absolute Gasteiger partial charge is 0.358 e. The summed E-state index contributed by atoms with van der Waals surface area (Å²) in [4.78, 5) is 21.4. The zero-order valence-corrected chi connectivity index (χ0v) is 22.7. The first-order valence-electron chi connectivity index (χ1n) is 13.9. The van der Waals surface area contributed by atoms with Crippen LogP contribution in [0.4, 0.5) is 23.4 Å². The zero-order chi connectivity index (χ0) is 29.3. The highest BCUT2D eigenvalue weighted by Crippen LogP contribution is 2.59. The number of hydrogen-bond acceptors (Lipinski definition) is 6. The van der Waals surface area contributed by atoms with Gasteiger partial charge in [0.1, 0.15) is 17.1 Å². The lowest BCUT2D eigenvalue weighted by Gasteiger charge is -2.23. The Bertz CT molecular complexity index is 1560. The van der Waals surface area contributed by atoms with Gasteiger partial charge in [-0.3, -0.25) is 4.79 Å². The Hall–Kier alpha value is -4.12. The van der Waals surface area contributed by atoms with E-state index in [1.165, 1.54) is 17.7 Å². The van der Waals surface area contributed by atoms with Gasteiger partial charge in [-0.15, -0.1) is 0 Å². The van der Waals surface area contributed by atoms with E-state index in [0.717, 1.165) is 37.6 Å². The normalized spacial score (nSPS) is 16.8. The van der Waals surface area contributed by atoms with Crippen molar-refractivity contribution in [2.45, 2.75) is 56.0 Å². The highest BCUT2D eigenvalue weighted by molar-refractivity contribution is 5.91. The van der Waals surface area contributed by atoms with Crippen molar-refractivity contribution in [1.82, 2.24) is 20.4 Å². The number of nitrogens with one attached hydrogen (secondary N) is 2. The van der Waals surface area contributed by atoms with Gasteiger partial charge in [-0.05, 0) is 73.0 Å². The summed E-state index contributed by atoms with van der Waals surface area (Å²) in [6.07, 6.45) is 1.21. The molecule has 0 radical (unpaired) electrons. The van der Waals surface area contributed by atoms with Crippen molar-refractivity contribution in [3.8, 4) is 11.1 Å². The molecule has 2 aromatic heterocycles. The molecule has 218 valence electrons. The van der Waals surface area contributed by atoms with E-state index in [1.54, 1.807) is 18.5 Å². The second-order valence-corrected chi connectivity index (χ2v) is 11.0. The standard InChI is InChI=1S/C31H29F4N5O2/c32-25-14-22(5-6-23(25)15-29(41)39-28-16-26(42-40-28)30(9-10-30)31(33,34)35)24-17-37-27(38-18-24)13-19-1-3-20(4-2-19)21-7-11-36-12-8-21/h1-6,14,16-18,21,36H,7-13,15H2,(H,39,40,41). The van der Waals surface area contributed by atoms with Crippen molar-refractivity contribution >= 4 is 11.7 Å². The lowest BCUT2D eigenvalue weighted by atomic mass is 9.89. The van der Waals surface area contributed by atoms with Gasteiger partial charge in [0.2, 0.25) is 5.91 Å². The molecule has 1 aliphatic heterocycles. The van der Waals surface area contributed by atoms with E-state index in [9.17, 15) is 22.4 Å². The molecule has 7 nitrogen and oxygen atoms in total. The van der Waals surface area contributed by atoms with Crippen LogP contribution in [-0.4, -0.2) is 40.3 Å². The monoisotopic (exact) mass is 579 g/mol. The maximum Gasteiger partial charge on any atom is 0.401 e. The van der Waals surface area contributed by atoms with E-state index in [1.807, 2.05) is 0 Å². The molecule has 0 unspecified atom stereocenters. The Morgan fingerprint density at radius 1 is 1.00 bits per heavy atom. The molecule has 2 aliphatic rings. The van der Waals surface area contributed by atoms with Gasteiger partial charge in [0.25, 0.3) is 0 Å². The Morgan fingerprint density at radius 3 is 2.36 bits per heavy atom. The molecule has 1 amide bonds. The Labute approximate surface area is 239 Å². The number of rotatable bonds is 8. The highest BCUT2D eigenvalue weighted by Gasteiger charge is 2.66. The van der Waals surface area contributed by atoms with Crippen molar-refractivity contribution in [2.75, 3.05) is 18.4 Å². The van der Waals surface area contributed by atoms with Gasteiger partial charge in [0.05, 0.1) is 6.42 Å². The van der Waals surface area contributed by atoms with Gasteiger partial charge in [-0.25, -0.2) is 14.4 Å². The van der Waals surface area contributed by atoms with Gasteiger partial charge < -0.3 is 15.2 Å². The van der Waals surface area contributed by atoms with Gasteiger partial charge in [-0.1, -0.05) is 41.6 Å². The quantitative estimate of drug-likeness (QED) is 0.245. The summed E-state index contributed by atoms with van der Waals surface area (Å²) in [7, 11) is 0. The first kappa shape index (κ1) is 28.0. The minimum absolute atomic E-state index is 0.0864.